The van der Waals surface area contributed by atoms with E-state index >= 15 is 0 Å². The highest BCUT2D eigenvalue weighted by molar-refractivity contribution is 6.10. The van der Waals surface area contributed by atoms with Gasteiger partial charge in [-0.25, -0.2) is 0 Å². The Balaban J connectivity index is 1.57. The predicted octanol–water partition coefficient (Wildman–Crippen LogP) is 4.15. The molecule has 0 fully saturated rings. The predicted molar refractivity (Wildman–Crippen MR) is 110 cm³/mol. The molecule has 2 aromatic carbocycles. The zero-order valence-corrected chi connectivity index (χ0v) is 15.9. The van der Waals surface area contributed by atoms with E-state index < -0.39 is 0 Å². The third kappa shape index (κ3) is 3.39. The third-order valence-electron chi connectivity index (χ3n) is 5.02. The molecule has 0 spiro atoms. The summed E-state index contributed by atoms with van der Waals surface area (Å²) in [6.07, 6.45) is 3.83. The van der Waals surface area contributed by atoms with Crippen molar-refractivity contribution < 1.29 is 9.59 Å². The van der Waals surface area contributed by atoms with Crippen LogP contribution >= 0.6 is 0 Å². The minimum atomic E-state index is -0.280. The molecule has 4 rings (SSSR count). The Morgan fingerprint density at radius 1 is 1.00 bits per heavy atom. The van der Waals surface area contributed by atoms with E-state index in [1.54, 1.807) is 11.0 Å². The lowest BCUT2D eigenvalue weighted by Gasteiger charge is -2.17. The number of pyridine rings is 1. The Morgan fingerprint density at radius 3 is 2.64 bits per heavy atom. The molecule has 0 unspecified atom stereocenters. The summed E-state index contributed by atoms with van der Waals surface area (Å²) >= 11 is 0. The van der Waals surface area contributed by atoms with E-state index in [0.717, 1.165) is 34.5 Å². The van der Waals surface area contributed by atoms with Crippen molar-refractivity contribution in [3.8, 4) is 0 Å². The zero-order chi connectivity index (χ0) is 19.7. The van der Waals surface area contributed by atoms with Gasteiger partial charge in [-0.05, 0) is 55.2 Å². The van der Waals surface area contributed by atoms with Gasteiger partial charge in [0.25, 0.3) is 11.8 Å². The first-order chi connectivity index (χ1) is 13.5. The lowest BCUT2D eigenvalue weighted by atomic mass is 10.1. The number of aryl methyl sites for hydroxylation is 2. The number of rotatable bonds is 3. The molecule has 1 aromatic heterocycles. The van der Waals surface area contributed by atoms with Crippen LogP contribution < -0.4 is 10.2 Å². The number of amides is 2. The second-order valence-electron chi connectivity index (χ2n) is 7.07. The molecule has 0 saturated carbocycles. The average molecular weight is 371 g/mol. The molecule has 0 saturated heterocycles. The van der Waals surface area contributed by atoms with Crippen molar-refractivity contribution in [3.05, 3.63) is 88.7 Å². The van der Waals surface area contributed by atoms with Gasteiger partial charge < -0.3 is 10.2 Å². The van der Waals surface area contributed by atoms with Crippen molar-refractivity contribution in [1.82, 2.24) is 4.98 Å². The molecule has 0 bridgehead atoms. The van der Waals surface area contributed by atoms with Crippen molar-refractivity contribution in [2.45, 2.75) is 20.3 Å². The highest BCUT2D eigenvalue weighted by Gasteiger charge is 2.25. The van der Waals surface area contributed by atoms with E-state index in [0.29, 0.717) is 17.7 Å². The molecule has 0 atom stereocenters. The van der Waals surface area contributed by atoms with Crippen molar-refractivity contribution in [3.63, 3.8) is 0 Å². The molecular weight excluding hydrogens is 350 g/mol. The summed E-state index contributed by atoms with van der Waals surface area (Å²) in [5.74, 6) is -0.420. The highest BCUT2D eigenvalue weighted by atomic mass is 16.2. The highest BCUT2D eigenvalue weighted by Crippen LogP contribution is 2.29. The lowest BCUT2D eigenvalue weighted by Crippen LogP contribution is -2.29. The van der Waals surface area contributed by atoms with E-state index in [1.165, 1.54) is 12.4 Å². The molecule has 1 aliphatic heterocycles. The average Bonchev–Trinajstić information content (AvgIpc) is 3.14. The topological polar surface area (TPSA) is 62.3 Å². The van der Waals surface area contributed by atoms with Gasteiger partial charge in [-0.1, -0.05) is 30.3 Å². The SMILES string of the molecule is Cc1ccc(C)c(NC(=O)c2cncc(C(=O)N3CCc4ccccc43)c2)c1. The van der Waals surface area contributed by atoms with Gasteiger partial charge in [-0.2, -0.15) is 0 Å². The first-order valence-electron chi connectivity index (χ1n) is 9.26. The van der Waals surface area contributed by atoms with Crippen LogP contribution in [-0.4, -0.2) is 23.3 Å². The Morgan fingerprint density at radius 2 is 1.79 bits per heavy atom. The van der Waals surface area contributed by atoms with Crippen LogP contribution in [0.5, 0.6) is 0 Å². The molecule has 28 heavy (non-hydrogen) atoms. The second-order valence-corrected chi connectivity index (χ2v) is 7.07. The first-order valence-corrected chi connectivity index (χ1v) is 9.26. The van der Waals surface area contributed by atoms with Gasteiger partial charge in [-0.3, -0.25) is 14.6 Å². The van der Waals surface area contributed by atoms with Gasteiger partial charge in [0.2, 0.25) is 0 Å². The quantitative estimate of drug-likeness (QED) is 0.752. The molecule has 140 valence electrons. The van der Waals surface area contributed by atoms with Gasteiger partial charge in [-0.15, -0.1) is 0 Å². The number of para-hydroxylation sites is 1. The van der Waals surface area contributed by atoms with Gasteiger partial charge in [0, 0.05) is 30.3 Å². The van der Waals surface area contributed by atoms with Crippen LogP contribution in [0.1, 0.15) is 37.4 Å². The number of carbonyl (C=O) groups is 2. The number of carbonyl (C=O) groups excluding carboxylic acids is 2. The zero-order valence-electron chi connectivity index (χ0n) is 15.9. The molecule has 5 nitrogen and oxygen atoms in total. The van der Waals surface area contributed by atoms with Crippen LogP contribution in [0.4, 0.5) is 11.4 Å². The van der Waals surface area contributed by atoms with E-state index in [2.05, 4.69) is 10.3 Å². The van der Waals surface area contributed by atoms with Gasteiger partial charge in [0.15, 0.2) is 0 Å². The van der Waals surface area contributed by atoms with Crippen molar-refractivity contribution in [2.75, 3.05) is 16.8 Å². The second kappa shape index (κ2) is 7.27. The third-order valence-corrected chi connectivity index (χ3v) is 5.02. The fourth-order valence-corrected chi connectivity index (χ4v) is 3.45. The summed E-state index contributed by atoms with van der Waals surface area (Å²) in [6, 6.07) is 15.4. The summed E-state index contributed by atoms with van der Waals surface area (Å²) < 4.78 is 0. The molecule has 1 aliphatic rings. The molecule has 2 heterocycles. The number of hydrogen-bond donors (Lipinski definition) is 1. The molecule has 3 aromatic rings. The molecule has 0 radical (unpaired) electrons. The first kappa shape index (κ1) is 17.9. The standard InChI is InChI=1S/C23H21N3O2/c1-15-7-8-16(2)20(11-15)25-22(27)18-12-19(14-24-13-18)23(28)26-10-9-17-5-3-4-6-21(17)26/h3-8,11-14H,9-10H2,1-2H3,(H,25,27). The van der Waals surface area contributed by atoms with Crippen LogP contribution in [0.2, 0.25) is 0 Å². The van der Waals surface area contributed by atoms with Crippen LogP contribution in [-0.2, 0) is 6.42 Å². The number of aromatic nitrogens is 1. The largest absolute Gasteiger partial charge is 0.322 e. The minimum Gasteiger partial charge on any atom is -0.322 e. The van der Waals surface area contributed by atoms with Crippen LogP contribution in [0.3, 0.4) is 0 Å². The fourth-order valence-electron chi connectivity index (χ4n) is 3.45. The molecule has 1 N–H and O–H groups in total. The Labute approximate surface area is 164 Å². The molecular formula is C23H21N3O2. The maximum absolute atomic E-state index is 13.0. The maximum atomic E-state index is 13.0. The fraction of sp³-hybridized carbons (Fsp3) is 0.174. The number of benzene rings is 2. The van der Waals surface area contributed by atoms with Crippen molar-refractivity contribution >= 4 is 23.2 Å². The molecule has 5 heteroatoms. The van der Waals surface area contributed by atoms with Crippen LogP contribution in [0.15, 0.2) is 60.9 Å². The normalized spacial score (nSPS) is 12.6. The van der Waals surface area contributed by atoms with Crippen molar-refractivity contribution in [2.24, 2.45) is 0 Å². The monoisotopic (exact) mass is 371 g/mol. The van der Waals surface area contributed by atoms with E-state index in [1.807, 2.05) is 56.3 Å². The summed E-state index contributed by atoms with van der Waals surface area (Å²) in [4.78, 5) is 31.6. The Kier molecular flexibility index (Phi) is 4.65. The summed E-state index contributed by atoms with van der Waals surface area (Å²) in [6.45, 7) is 4.55. The number of nitrogens with one attached hydrogen (secondary N) is 1. The summed E-state index contributed by atoms with van der Waals surface area (Å²) in [5.41, 5.74) is 5.66. The maximum Gasteiger partial charge on any atom is 0.259 e. The molecule has 2 amide bonds. The van der Waals surface area contributed by atoms with Crippen LogP contribution in [0, 0.1) is 13.8 Å². The molecule has 0 aliphatic carbocycles. The van der Waals surface area contributed by atoms with E-state index in [-0.39, 0.29) is 11.8 Å². The number of anilines is 2. The van der Waals surface area contributed by atoms with Gasteiger partial charge >= 0.3 is 0 Å². The Bertz CT molecular complexity index is 1070. The van der Waals surface area contributed by atoms with Gasteiger partial charge in [0.1, 0.15) is 0 Å². The minimum absolute atomic E-state index is 0.140. The van der Waals surface area contributed by atoms with Crippen molar-refractivity contribution in [1.29, 1.82) is 0 Å². The Hall–Kier alpha value is -3.47. The number of nitrogens with zero attached hydrogens (tertiary/aromatic N) is 2. The van der Waals surface area contributed by atoms with Crippen LogP contribution in [0.25, 0.3) is 0 Å². The van der Waals surface area contributed by atoms with E-state index in [4.69, 9.17) is 0 Å². The number of hydrogen-bond acceptors (Lipinski definition) is 3. The smallest absolute Gasteiger partial charge is 0.259 e. The lowest BCUT2D eigenvalue weighted by molar-refractivity contribution is 0.0989. The summed E-state index contributed by atoms with van der Waals surface area (Å²) in [5, 5.41) is 2.91. The van der Waals surface area contributed by atoms with E-state index in [9.17, 15) is 9.59 Å². The number of fused-ring (bicyclic) bond motifs is 1. The summed E-state index contributed by atoms with van der Waals surface area (Å²) in [7, 11) is 0. The van der Waals surface area contributed by atoms with Gasteiger partial charge in [0.05, 0.1) is 11.1 Å².